The number of aliphatic hydroxyl groups is 1. The van der Waals surface area contributed by atoms with Crippen LogP contribution >= 0.6 is 0 Å². The van der Waals surface area contributed by atoms with Gasteiger partial charge in [-0.3, -0.25) is 0 Å². The van der Waals surface area contributed by atoms with Gasteiger partial charge in [-0.1, -0.05) is 111 Å². The summed E-state index contributed by atoms with van der Waals surface area (Å²) in [4.78, 5) is 0. The number of fused-ring (bicyclic) bond motifs is 3. The van der Waals surface area contributed by atoms with Crippen molar-refractivity contribution in [3.05, 3.63) is 123 Å². The molecule has 2 atom stereocenters. The van der Waals surface area contributed by atoms with Crippen LogP contribution in [-0.4, -0.2) is 5.11 Å². The number of hydrogen-bond acceptors (Lipinski definition) is 1. The van der Waals surface area contributed by atoms with Gasteiger partial charge < -0.3 is 5.11 Å². The Morgan fingerprint density at radius 2 is 1.83 bits per heavy atom. The van der Waals surface area contributed by atoms with Gasteiger partial charge in [0.25, 0.3) is 0 Å². The van der Waals surface area contributed by atoms with Crippen LogP contribution in [0.3, 0.4) is 0 Å². The fraction of sp³-hybridized carbons (Fsp3) is 0.294. The molecule has 2 unspecified atom stereocenters. The molecule has 1 N–H and O–H groups in total. The van der Waals surface area contributed by atoms with E-state index in [2.05, 4.69) is 118 Å². The molecule has 2 bridgehead atoms. The van der Waals surface area contributed by atoms with Crippen molar-refractivity contribution in [1.82, 2.24) is 0 Å². The van der Waals surface area contributed by atoms with E-state index in [1.54, 1.807) is 0 Å². The van der Waals surface area contributed by atoms with Crippen LogP contribution in [0.2, 0.25) is 0 Å². The highest BCUT2D eigenvalue weighted by molar-refractivity contribution is 5.88. The van der Waals surface area contributed by atoms with Crippen molar-refractivity contribution in [1.29, 1.82) is 0 Å². The zero-order valence-electron chi connectivity index (χ0n) is 21.2. The number of allylic oxidation sites excluding steroid dienone is 10. The lowest BCUT2D eigenvalue weighted by Gasteiger charge is -2.22. The Morgan fingerprint density at radius 3 is 2.57 bits per heavy atom. The minimum absolute atomic E-state index is 0.0152. The van der Waals surface area contributed by atoms with Gasteiger partial charge >= 0.3 is 0 Å². The molecule has 0 amide bonds. The summed E-state index contributed by atoms with van der Waals surface area (Å²) >= 11 is 0. The van der Waals surface area contributed by atoms with E-state index in [1.807, 2.05) is 0 Å². The molecule has 35 heavy (non-hydrogen) atoms. The van der Waals surface area contributed by atoms with Crippen LogP contribution in [0.1, 0.15) is 85.8 Å². The molecule has 0 saturated carbocycles. The van der Waals surface area contributed by atoms with Gasteiger partial charge in [-0.05, 0) is 64.6 Å². The summed E-state index contributed by atoms with van der Waals surface area (Å²) in [5.41, 5.74) is 10.6. The highest BCUT2D eigenvalue weighted by Gasteiger charge is 2.23. The standard InChI is InChI=1S/C34H34O/c1-23-9-8-12-26-20-28(14-13-27-21-30(34(2,3)4)16-18-31(26)27)33(23)32-17-15-25(19-29(32)22-35)24-10-6-5-7-11-24/h5-8,10,12,15-21,24,26,35H,9,11,22H2,1-4H3. The maximum atomic E-state index is 10.4. The van der Waals surface area contributed by atoms with Crippen LogP contribution in [0, 0.1) is 11.8 Å². The summed E-state index contributed by atoms with van der Waals surface area (Å²) in [6, 6.07) is 13.4. The van der Waals surface area contributed by atoms with Crippen LogP contribution in [0.4, 0.5) is 0 Å². The van der Waals surface area contributed by atoms with E-state index in [0.717, 1.165) is 35.1 Å². The maximum absolute atomic E-state index is 10.4. The number of benzene rings is 2. The topological polar surface area (TPSA) is 20.2 Å². The van der Waals surface area contributed by atoms with Crippen LogP contribution < -0.4 is 0 Å². The molecule has 0 fully saturated rings. The number of hydrogen-bond donors (Lipinski definition) is 1. The molecule has 0 radical (unpaired) electrons. The van der Waals surface area contributed by atoms with Crippen LogP contribution in [0.5, 0.6) is 0 Å². The number of rotatable bonds is 3. The molecule has 1 nitrogen and oxygen atoms in total. The molecular weight excluding hydrogens is 424 g/mol. The van der Waals surface area contributed by atoms with Gasteiger partial charge in [-0.15, -0.1) is 0 Å². The third-order valence-corrected chi connectivity index (χ3v) is 7.40. The summed E-state index contributed by atoms with van der Waals surface area (Å²) in [6.07, 6.45) is 17.5. The smallest absolute Gasteiger partial charge is 0.0687 e. The summed E-state index contributed by atoms with van der Waals surface area (Å²) in [5.74, 6) is 7.60. The SMILES string of the molecule is CC1=C(c2ccc(C3C=CC=CC3)cc2CO)C2=CC(C=CC1)c1ccc(C(C)(C)C)cc1C#C2. The van der Waals surface area contributed by atoms with Crippen molar-refractivity contribution >= 4 is 5.57 Å². The van der Waals surface area contributed by atoms with Crippen molar-refractivity contribution in [3.8, 4) is 11.8 Å². The Kier molecular flexibility index (Phi) is 6.26. The molecule has 176 valence electrons. The highest BCUT2D eigenvalue weighted by Crippen LogP contribution is 2.39. The first-order valence-electron chi connectivity index (χ1n) is 12.7. The Bertz CT molecular complexity index is 1370. The third kappa shape index (κ3) is 4.64. The first-order valence-corrected chi connectivity index (χ1v) is 12.7. The second-order valence-electron chi connectivity index (χ2n) is 10.9. The van der Waals surface area contributed by atoms with E-state index < -0.39 is 0 Å². The summed E-state index contributed by atoms with van der Waals surface area (Å²) in [5, 5.41) is 10.4. The summed E-state index contributed by atoms with van der Waals surface area (Å²) in [6.45, 7) is 8.96. The number of aliphatic hydroxyl groups excluding tert-OH is 1. The van der Waals surface area contributed by atoms with Gasteiger partial charge in [-0.2, -0.15) is 0 Å². The molecule has 0 aliphatic heterocycles. The molecule has 0 heterocycles. The van der Waals surface area contributed by atoms with Gasteiger partial charge in [-0.25, -0.2) is 0 Å². The average molecular weight is 459 g/mol. The zero-order chi connectivity index (χ0) is 24.6. The van der Waals surface area contributed by atoms with E-state index in [1.165, 1.54) is 27.8 Å². The molecule has 5 rings (SSSR count). The second kappa shape index (κ2) is 9.37. The van der Waals surface area contributed by atoms with Crippen molar-refractivity contribution in [2.75, 3.05) is 0 Å². The largest absolute Gasteiger partial charge is 0.392 e. The van der Waals surface area contributed by atoms with Gasteiger partial charge in [0, 0.05) is 23.0 Å². The molecule has 2 aromatic carbocycles. The average Bonchev–Trinajstić information content (AvgIpc) is 3.04. The van der Waals surface area contributed by atoms with E-state index in [-0.39, 0.29) is 17.9 Å². The van der Waals surface area contributed by atoms with Gasteiger partial charge in [0.15, 0.2) is 0 Å². The van der Waals surface area contributed by atoms with Gasteiger partial charge in [0.2, 0.25) is 0 Å². The van der Waals surface area contributed by atoms with E-state index >= 15 is 0 Å². The minimum atomic E-state index is 0.0152. The van der Waals surface area contributed by atoms with Crippen LogP contribution in [-0.2, 0) is 12.0 Å². The Labute approximate surface area is 210 Å². The Morgan fingerprint density at radius 1 is 0.971 bits per heavy atom. The molecule has 0 aromatic heterocycles. The molecular formula is C34H34O. The first-order chi connectivity index (χ1) is 16.8. The lowest BCUT2D eigenvalue weighted by atomic mass is 9.82. The lowest BCUT2D eigenvalue weighted by molar-refractivity contribution is 0.281. The lowest BCUT2D eigenvalue weighted by Crippen LogP contribution is -2.12. The normalized spacial score (nSPS) is 20.9. The predicted molar refractivity (Wildman–Crippen MR) is 147 cm³/mol. The third-order valence-electron chi connectivity index (χ3n) is 7.40. The van der Waals surface area contributed by atoms with Crippen LogP contribution in [0.15, 0.2) is 90.1 Å². The Hall–Kier alpha value is -3.34. The van der Waals surface area contributed by atoms with Crippen molar-refractivity contribution in [3.63, 3.8) is 0 Å². The molecule has 0 saturated heterocycles. The molecule has 0 spiro atoms. The molecule has 2 aromatic rings. The quantitative estimate of drug-likeness (QED) is 0.366. The van der Waals surface area contributed by atoms with E-state index in [9.17, 15) is 5.11 Å². The predicted octanol–water partition coefficient (Wildman–Crippen LogP) is 7.88. The van der Waals surface area contributed by atoms with Crippen molar-refractivity contribution < 1.29 is 5.11 Å². The minimum Gasteiger partial charge on any atom is -0.392 e. The fourth-order valence-electron chi connectivity index (χ4n) is 5.32. The maximum Gasteiger partial charge on any atom is 0.0687 e. The monoisotopic (exact) mass is 458 g/mol. The van der Waals surface area contributed by atoms with Crippen LogP contribution in [0.25, 0.3) is 5.57 Å². The fourth-order valence-corrected chi connectivity index (χ4v) is 5.32. The van der Waals surface area contributed by atoms with E-state index in [0.29, 0.717) is 5.92 Å². The van der Waals surface area contributed by atoms with Gasteiger partial charge in [0.1, 0.15) is 0 Å². The Balaban J connectivity index is 1.61. The second-order valence-corrected chi connectivity index (χ2v) is 10.9. The summed E-state index contributed by atoms with van der Waals surface area (Å²) < 4.78 is 0. The van der Waals surface area contributed by atoms with Crippen molar-refractivity contribution in [2.24, 2.45) is 0 Å². The van der Waals surface area contributed by atoms with Crippen molar-refractivity contribution in [2.45, 2.75) is 64.4 Å². The molecule has 1 heteroatoms. The van der Waals surface area contributed by atoms with Gasteiger partial charge in [0.05, 0.1) is 6.61 Å². The molecule has 3 aliphatic carbocycles. The van der Waals surface area contributed by atoms with E-state index in [4.69, 9.17) is 0 Å². The molecule has 3 aliphatic rings. The highest BCUT2D eigenvalue weighted by atomic mass is 16.3. The zero-order valence-corrected chi connectivity index (χ0v) is 21.2. The first kappa shape index (κ1) is 23.4. The summed E-state index contributed by atoms with van der Waals surface area (Å²) in [7, 11) is 0.